The Labute approximate surface area is 131 Å². The fourth-order valence-electron chi connectivity index (χ4n) is 2.68. The summed E-state index contributed by atoms with van der Waals surface area (Å²) in [6.07, 6.45) is 0. The second kappa shape index (κ2) is 7.22. The number of nitrogens with zero attached hydrogens (tertiary/aromatic N) is 2. The Kier molecular flexibility index (Phi) is 5.32. The molecule has 0 spiro atoms. The molecule has 3 N–H and O–H groups in total. The van der Waals surface area contributed by atoms with Crippen LogP contribution in [0.3, 0.4) is 0 Å². The molecule has 1 heterocycles. The molecule has 122 valence electrons. The number of nitrogens with two attached hydrogens (primary N) is 1. The minimum Gasteiger partial charge on any atom is -0.493 e. The zero-order valence-corrected chi connectivity index (χ0v) is 13.4. The molecule has 1 aliphatic rings. The molecule has 0 bridgehead atoms. The fourth-order valence-corrected chi connectivity index (χ4v) is 2.68. The van der Waals surface area contributed by atoms with Gasteiger partial charge in [-0.1, -0.05) is 6.07 Å². The van der Waals surface area contributed by atoms with Crippen molar-refractivity contribution in [1.82, 2.24) is 9.80 Å². The van der Waals surface area contributed by atoms with Crippen molar-refractivity contribution in [2.45, 2.75) is 6.54 Å². The topological polar surface area (TPSA) is 84.0 Å². The largest absolute Gasteiger partial charge is 0.493 e. The van der Waals surface area contributed by atoms with E-state index in [0.717, 1.165) is 38.3 Å². The third kappa shape index (κ3) is 3.36. The number of piperazine rings is 1. The van der Waals surface area contributed by atoms with Crippen molar-refractivity contribution in [3.05, 3.63) is 17.7 Å². The zero-order chi connectivity index (χ0) is 16.1. The minimum atomic E-state index is 0.142. The summed E-state index contributed by atoms with van der Waals surface area (Å²) in [5, 5.41) is 7.47. The van der Waals surface area contributed by atoms with Crippen LogP contribution < -0.4 is 19.9 Å². The molecule has 1 aromatic rings. The molecule has 7 nitrogen and oxygen atoms in total. The number of methoxy groups -OCH3 is 3. The first kappa shape index (κ1) is 16.2. The Morgan fingerprint density at radius 2 is 1.68 bits per heavy atom. The molecule has 7 heteroatoms. The second-order valence-electron chi connectivity index (χ2n) is 5.14. The van der Waals surface area contributed by atoms with E-state index in [-0.39, 0.29) is 5.96 Å². The van der Waals surface area contributed by atoms with Gasteiger partial charge in [0, 0.05) is 38.3 Å². The Balaban J connectivity index is 2.12. The van der Waals surface area contributed by atoms with Gasteiger partial charge >= 0.3 is 0 Å². The summed E-state index contributed by atoms with van der Waals surface area (Å²) >= 11 is 0. The SMILES string of the molecule is COc1ccc(CN2CCN(C(=N)N)CC2)c(OC)c1OC. The maximum absolute atomic E-state index is 7.47. The van der Waals surface area contributed by atoms with Crippen molar-refractivity contribution in [1.29, 1.82) is 5.41 Å². The van der Waals surface area contributed by atoms with E-state index in [2.05, 4.69) is 4.90 Å². The maximum atomic E-state index is 7.47. The first-order valence-electron chi connectivity index (χ1n) is 7.19. The smallest absolute Gasteiger partial charge is 0.203 e. The highest BCUT2D eigenvalue weighted by Gasteiger charge is 2.21. The molecule has 0 aromatic heterocycles. The van der Waals surface area contributed by atoms with Gasteiger partial charge in [-0.2, -0.15) is 0 Å². The summed E-state index contributed by atoms with van der Waals surface area (Å²) in [4.78, 5) is 4.19. The third-order valence-electron chi connectivity index (χ3n) is 3.89. The molecule has 0 saturated carbocycles. The normalized spacial score (nSPS) is 15.5. The van der Waals surface area contributed by atoms with Gasteiger partial charge in [0.05, 0.1) is 21.3 Å². The van der Waals surface area contributed by atoms with Crippen LogP contribution in [0.5, 0.6) is 17.2 Å². The van der Waals surface area contributed by atoms with Crippen LogP contribution in [0.2, 0.25) is 0 Å². The molecule has 1 saturated heterocycles. The zero-order valence-electron chi connectivity index (χ0n) is 13.4. The lowest BCUT2D eigenvalue weighted by Gasteiger charge is -2.35. The highest BCUT2D eigenvalue weighted by atomic mass is 16.5. The van der Waals surface area contributed by atoms with Gasteiger partial charge in [0.15, 0.2) is 17.5 Å². The molecule has 1 aromatic carbocycles. The van der Waals surface area contributed by atoms with Gasteiger partial charge < -0.3 is 24.8 Å². The second-order valence-corrected chi connectivity index (χ2v) is 5.14. The van der Waals surface area contributed by atoms with E-state index in [1.165, 1.54) is 0 Å². The number of ether oxygens (including phenoxy) is 3. The van der Waals surface area contributed by atoms with Crippen LogP contribution in [0.15, 0.2) is 12.1 Å². The van der Waals surface area contributed by atoms with E-state index < -0.39 is 0 Å². The maximum Gasteiger partial charge on any atom is 0.203 e. The Morgan fingerprint density at radius 1 is 1.05 bits per heavy atom. The molecule has 0 atom stereocenters. The van der Waals surface area contributed by atoms with Crippen molar-refractivity contribution in [2.24, 2.45) is 5.73 Å². The van der Waals surface area contributed by atoms with E-state index in [4.69, 9.17) is 25.4 Å². The van der Waals surface area contributed by atoms with Crippen LogP contribution >= 0.6 is 0 Å². The van der Waals surface area contributed by atoms with Crippen molar-refractivity contribution in [3.63, 3.8) is 0 Å². The molecule has 2 rings (SSSR count). The molecular formula is C15H24N4O3. The number of rotatable bonds is 5. The summed E-state index contributed by atoms with van der Waals surface area (Å²) in [6.45, 7) is 4.01. The monoisotopic (exact) mass is 308 g/mol. The van der Waals surface area contributed by atoms with Crippen molar-refractivity contribution in [3.8, 4) is 17.2 Å². The van der Waals surface area contributed by atoms with E-state index in [1.807, 2.05) is 17.0 Å². The molecule has 0 amide bonds. The molecule has 0 aliphatic carbocycles. The lowest BCUT2D eigenvalue weighted by Crippen LogP contribution is -2.50. The van der Waals surface area contributed by atoms with E-state index >= 15 is 0 Å². The number of benzene rings is 1. The van der Waals surface area contributed by atoms with Crippen LogP contribution in [-0.4, -0.2) is 63.3 Å². The molecule has 22 heavy (non-hydrogen) atoms. The van der Waals surface area contributed by atoms with Crippen LogP contribution in [0.25, 0.3) is 0 Å². The molecule has 0 radical (unpaired) electrons. The quantitative estimate of drug-likeness (QED) is 0.616. The van der Waals surface area contributed by atoms with Gasteiger partial charge in [-0.3, -0.25) is 10.3 Å². The van der Waals surface area contributed by atoms with Gasteiger partial charge in [0.25, 0.3) is 0 Å². The number of hydrogen-bond acceptors (Lipinski definition) is 5. The van der Waals surface area contributed by atoms with E-state index in [9.17, 15) is 0 Å². The van der Waals surface area contributed by atoms with Gasteiger partial charge in [0.2, 0.25) is 5.75 Å². The lowest BCUT2D eigenvalue weighted by molar-refractivity contribution is 0.172. The predicted octanol–water partition coefficient (Wildman–Crippen LogP) is 0.723. The predicted molar refractivity (Wildman–Crippen MR) is 84.9 cm³/mol. The van der Waals surface area contributed by atoms with Crippen molar-refractivity contribution in [2.75, 3.05) is 47.5 Å². The van der Waals surface area contributed by atoms with Crippen LogP contribution in [0.1, 0.15) is 5.56 Å². The van der Waals surface area contributed by atoms with Gasteiger partial charge in [-0.15, -0.1) is 0 Å². The molecule has 1 aliphatic heterocycles. The van der Waals surface area contributed by atoms with Crippen LogP contribution in [0, 0.1) is 5.41 Å². The standard InChI is InChI=1S/C15H24N4O3/c1-20-12-5-4-11(13(21-2)14(12)22-3)10-18-6-8-19(9-7-18)15(16)17/h4-5H,6-10H2,1-3H3,(H3,16,17). The minimum absolute atomic E-state index is 0.142. The summed E-state index contributed by atoms with van der Waals surface area (Å²) in [7, 11) is 4.85. The Bertz CT molecular complexity index is 528. The molecule has 1 fully saturated rings. The van der Waals surface area contributed by atoms with Gasteiger partial charge in [-0.05, 0) is 6.07 Å². The Hall–Kier alpha value is -2.15. The number of guanidine groups is 1. The Morgan fingerprint density at radius 3 is 2.18 bits per heavy atom. The molecule has 0 unspecified atom stereocenters. The highest BCUT2D eigenvalue weighted by Crippen LogP contribution is 2.40. The summed E-state index contributed by atoms with van der Waals surface area (Å²) in [6, 6.07) is 3.89. The van der Waals surface area contributed by atoms with Crippen LogP contribution in [-0.2, 0) is 6.54 Å². The number of nitrogens with one attached hydrogen (secondary N) is 1. The first-order chi connectivity index (χ1) is 10.6. The van der Waals surface area contributed by atoms with E-state index in [0.29, 0.717) is 17.2 Å². The first-order valence-corrected chi connectivity index (χ1v) is 7.19. The van der Waals surface area contributed by atoms with Gasteiger partial charge in [0.1, 0.15) is 0 Å². The lowest BCUT2D eigenvalue weighted by atomic mass is 10.1. The average molecular weight is 308 g/mol. The summed E-state index contributed by atoms with van der Waals surface area (Å²) in [5.74, 6) is 2.12. The fraction of sp³-hybridized carbons (Fsp3) is 0.533. The van der Waals surface area contributed by atoms with Gasteiger partial charge in [-0.25, -0.2) is 0 Å². The van der Waals surface area contributed by atoms with Crippen LogP contribution in [0.4, 0.5) is 0 Å². The third-order valence-corrected chi connectivity index (χ3v) is 3.89. The van der Waals surface area contributed by atoms with E-state index in [1.54, 1.807) is 21.3 Å². The summed E-state index contributed by atoms with van der Waals surface area (Å²) < 4.78 is 16.2. The average Bonchev–Trinajstić information content (AvgIpc) is 2.54. The molecular weight excluding hydrogens is 284 g/mol. The van der Waals surface area contributed by atoms with Crippen molar-refractivity contribution >= 4 is 5.96 Å². The van der Waals surface area contributed by atoms with Crippen molar-refractivity contribution < 1.29 is 14.2 Å². The highest BCUT2D eigenvalue weighted by molar-refractivity contribution is 5.74. The number of hydrogen-bond donors (Lipinski definition) is 2. The summed E-state index contributed by atoms with van der Waals surface area (Å²) in [5.41, 5.74) is 6.57.